The third-order valence-corrected chi connectivity index (χ3v) is 4.40. The van der Waals surface area contributed by atoms with Crippen LogP contribution in [0.3, 0.4) is 0 Å². The molecule has 0 radical (unpaired) electrons. The molecule has 94 valence electrons. The van der Waals surface area contributed by atoms with Crippen molar-refractivity contribution in [2.75, 3.05) is 19.6 Å². The molecule has 1 fully saturated rings. The van der Waals surface area contributed by atoms with Gasteiger partial charge >= 0.3 is 0 Å². The summed E-state index contributed by atoms with van der Waals surface area (Å²) in [5, 5.41) is 6.22. The molecule has 1 aliphatic rings. The van der Waals surface area contributed by atoms with Crippen molar-refractivity contribution in [2.45, 2.75) is 12.8 Å². The molecule has 3 nitrogen and oxygen atoms in total. The predicted octanol–water partition coefficient (Wildman–Crippen LogP) is 2.78. The molecule has 0 atom stereocenters. The van der Waals surface area contributed by atoms with Crippen LogP contribution in [-0.2, 0) is 0 Å². The average molecular weight is 293 g/mol. The van der Waals surface area contributed by atoms with Crippen LogP contribution in [0.25, 0.3) is 0 Å². The van der Waals surface area contributed by atoms with Gasteiger partial charge in [0.05, 0.1) is 9.90 Å². The Morgan fingerprint density at radius 2 is 2.18 bits per heavy atom. The van der Waals surface area contributed by atoms with Crippen molar-refractivity contribution < 1.29 is 4.79 Å². The number of hydrogen-bond donors (Lipinski definition) is 2. The molecule has 0 spiro atoms. The number of nitrogens with one attached hydrogen (secondary N) is 2. The highest BCUT2D eigenvalue weighted by Gasteiger charge is 2.17. The molecule has 0 unspecified atom stereocenters. The minimum Gasteiger partial charge on any atom is -0.352 e. The van der Waals surface area contributed by atoms with Crippen LogP contribution in [0.15, 0.2) is 6.07 Å². The Hall–Kier alpha value is -0.290. The van der Waals surface area contributed by atoms with Gasteiger partial charge in [-0.05, 0) is 37.9 Å². The smallest absolute Gasteiger partial charge is 0.253 e. The van der Waals surface area contributed by atoms with Crippen LogP contribution in [0.5, 0.6) is 0 Å². The molecule has 1 aliphatic heterocycles. The van der Waals surface area contributed by atoms with E-state index < -0.39 is 0 Å². The maximum absolute atomic E-state index is 11.9. The van der Waals surface area contributed by atoms with Gasteiger partial charge in [0, 0.05) is 6.54 Å². The van der Waals surface area contributed by atoms with Crippen molar-refractivity contribution in [3.8, 4) is 0 Å². The Morgan fingerprint density at radius 3 is 2.76 bits per heavy atom. The summed E-state index contributed by atoms with van der Waals surface area (Å²) in [6.45, 7) is 2.78. The summed E-state index contributed by atoms with van der Waals surface area (Å²) in [6.07, 6.45) is 2.22. The van der Waals surface area contributed by atoms with Gasteiger partial charge in [0.15, 0.2) is 0 Å². The monoisotopic (exact) mass is 292 g/mol. The maximum atomic E-state index is 11.9. The SMILES string of the molecule is O=C(NCC1CCNCC1)c1cc(Cl)sc1Cl. The van der Waals surface area contributed by atoms with E-state index in [0.29, 0.717) is 26.7 Å². The van der Waals surface area contributed by atoms with Gasteiger partial charge in [0.1, 0.15) is 4.34 Å². The van der Waals surface area contributed by atoms with Gasteiger partial charge in [-0.3, -0.25) is 4.79 Å². The lowest BCUT2D eigenvalue weighted by Gasteiger charge is -2.22. The number of carbonyl (C=O) groups is 1. The fraction of sp³-hybridized carbons (Fsp3) is 0.545. The van der Waals surface area contributed by atoms with Crippen LogP contribution in [0.2, 0.25) is 8.67 Å². The lowest BCUT2D eigenvalue weighted by Crippen LogP contribution is -2.35. The van der Waals surface area contributed by atoms with Gasteiger partial charge in [-0.25, -0.2) is 0 Å². The number of thiophene rings is 1. The second-order valence-corrected chi connectivity index (χ2v) is 6.43. The Kier molecular flexibility index (Phi) is 4.68. The summed E-state index contributed by atoms with van der Waals surface area (Å²) < 4.78 is 1.000. The van der Waals surface area contributed by atoms with Crippen molar-refractivity contribution in [1.82, 2.24) is 10.6 Å². The largest absolute Gasteiger partial charge is 0.352 e. The summed E-state index contributed by atoms with van der Waals surface area (Å²) in [5.41, 5.74) is 0.482. The second kappa shape index (κ2) is 6.05. The van der Waals surface area contributed by atoms with E-state index in [1.807, 2.05) is 0 Å². The van der Waals surface area contributed by atoms with E-state index in [1.165, 1.54) is 11.3 Å². The maximum Gasteiger partial charge on any atom is 0.253 e. The van der Waals surface area contributed by atoms with Gasteiger partial charge in [0.25, 0.3) is 5.91 Å². The van der Waals surface area contributed by atoms with Crippen LogP contribution in [0.4, 0.5) is 0 Å². The molecular formula is C11H14Cl2N2OS. The predicted molar refractivity (Wildman–Crippen MR) is 72.3 cm³/mol. The van der Waals surface area contributed by atoms with Crippen LogP contribution in [0, 0.1) is 5.92 Å². The highest BCUT2D eigenvalue weighted by atomic mass is 35.5. The summed E-state index contributed by atoms with van der Waals surface area (Å²) in [6, 6.07) is 1.62. The number of carbonyl (C=O) groups excluding carboxylic acids is 1. The molecule has 1 aromatic heterocycles. The molecular weight excluding hydrogens is 279 g/mol. The molecule has 1 amide bonds. The molecule has 1 aromatic rings. The van der Waals surface area contributed by atoms with E-state index in [-0.39, 0.29) is 5.91 Å². The summed E-state index contributed by atoms with van der Waals surface area (Å²) in [5.74, 6) is 0.435. The summed E-state index contributed by atoms with van der Waals surface area (Å²) in [7, 11) is 0. The van der Waals surface area contributed by atoms with E-state index in [9.17, 15) is 4.79 Å². The fourth-order valence-corrected chi connectivity index (χ4v) is 3.37. The van der Waals surface area contributed by atoms with Crippen molar-refractivity contribution in [1.29, 1.82) is 0 Å². The van der Waals surface area contributed by atoms with E-state index >= 15 is 0 Å². The Labute approximate surface area is 114 Å². The highest BCUT2D eigenvalue weighted by molar-refractivity contribution is 7.20. The van der Waals surface area contributed by atoms with Gasteiger partial charge < -0.3 is 10.6 Å². The van der Waals surface area contributed by atoms with E-state index in [1.54, 1.807) is 6.07 Å². The number of hydrogen-bond acceptors (Lipinski definition) is 3. The normalized spacial score (nSPS) is 17.1. The first-order chi connectivity index (χ1) is 8.16. The minimum absolute atomic E-state index is 0.128. The van der Waals surface area contributed by atoms with Crippen molar-refractivity contribution in [3.63, 3.8) is 0 Å². The third kappa shape index (κ3) is 3.58. The number of halogens is 2. The average Bonchev–Trinajstić information content (AvgIpc) is 2.67. The van der Waals surface area contributed by atoms with Crippen molar-refractivity contribution >= 4 is 40.4 Å². The van der Waals surface area contributed by atoms with Crippen LogP contribution >= 0.6 is 34.5 Å². The van der Waals surface area contributed by atoms with E-state index in [4.69, 9.17) is 23.2 Å². The van der Waals surface area contributed by atoms with Crippen molar-refractivity contribution in [3.05, 3.63) is 20.3 Å². The van der Waals surface area contributed by atoms with Gasteiger partial charge in [-0.2, -0.15) is 0 Å². The summed E-state index contributed by atoms with van der Waals surface area (Å²) >= 11 is 12.9. The zero-order valence-electron chi connectivity index (χ0n) is 9.26. The molecule has 0 bridgehead atoms. The number of rotatable bonds is 3. The molecule has 6 heteroatoms. The molecule has 2 rings (SSSR count). The topological polar surface area (TPSA) is 41.1 Å². The van der Waals surface area contributed by atoms with E-state index in [0.717, 1.165) is 25.9 Å². The number of amides is 1. The van der Waals surface area contributed by atoms with Crippen LogP contribution in [-0.4, -0.2) is 25.5 Å². The molecule has 1 saturated heterocycles. The van der Waals surface area contributed by atoms with Crippen LogP contribution in [0.1, 0.15) is 23.2 Å². The van der Waals surface area contributed by atoms with Gasteiger partial charge in [-0.15, -0.1) is 11.3 Å². The molecule has 2 heterocycles. The zero-order valence-corrected chi connectivity index (χ0v) is 11.6. The van der Waals surface area contributed by atoms with Gasteiger partial charge in [-0.1, -0.05) is 23.2 Å². The quantitative estimate of drug-likeness (QED) is 0.899. The molecule has 17 heavy (non-hydrogen) atoms. The number of piperidine rings is 1. The molecule has 0 saturated carbocycles. The van der Waals surface area contributed by atoms with Crippen LogP contribution < -0.4 is 10.6 Å². The Morgan fingerprint density at radius 1 is 1.47 bits per heavy atom. The molecule has 0 aromatic carbocycles. The fourth-order valence-electron chi connectivity index (χ4n) is 1.91. The lowest BCUT2D eigenvalue weighted by atomic mass is 9.98. The standard InChI is InChI=1S/C11H14Cl2N2OS/c12-9-5-8(10(13)17-9)11(16)15-6-7-1-3-14-4-2-7/h5,7,14H,1-4,6H2,(H,15,16). The zero-order chi connectivity index (χ0) is 12.3. The highest BCUT2D eigenvalue weighted by Crippen LogP contribution is 2.31. The summed E-state index contributed by atoms with van der Waals surface area (Å²) in [4.78, 5) is 11.9. The van der Waals surface area contributed by atoms with Gasteiger partial charge in [0.2, 0.25) is 0 Å². The molecule has 0 aliphatic carbocycles. The van der Waals surface area contributed by atoms with Crippen molar-refractivity contribution in [2.24, 2.45) is 5.92 Å². The minimum atomic E-state index is -0.128. The third-order valence-electron chi connectivity index (χ3n) is 2.91. The second-order valence-electron chi connectivity index (χ2n) is 4.14. The first-order valence-corrected chi connectivity index (χ1v) is 7.18. The van der Waals surface area contributed by atoms with E-state index in [2.05, 4.69) is 10.6 Å². The first kappa shape index (κ1) is 13.1. The molecule has 2 N–H and O–H groups in total. The Bertz CT molecular complexity index is 402. The lowest BCUT2D eigenvalue weighted by molar-refractivity contribution is 0.0945. The first-order valence-electron chi connectivity index (χ1n) is 5.60. The Balaban J connectivity index is 1.86.